The Bertz CT molecular complexity index is 699. The number of carboxylic acid groups (broad SMARTS) is 1. The summed E-state index contributed by atoms with van der Waals surface area (Å²) < 4.78 is 2.56. The Hall–Kier alpha value is -2.15. The van der Waals surface area contributed by atoms with Gasteiger partial charge in [0.25, 0.3) is 0 Å². The molecule has 6 nitrogen and oxygen atoms in total. The van der Waals surface area contributed by atoms with E-state index in [2.05, 4.69) is 26.3 Å². The first kappa shape index (κ1) is 17.2. The van der Waals surface area contributed by atoms with Gasteiger partial charge in [-0.1, -0.05) is 28.1 Å². The van der Waals surface area contributed by atoms with E-state index in [-0.39, 0.29) is 18.7 Å². The van der Waals surface area contributed by atoms with Crippen LogP contribution >= 0.6 is 15.9 Å². The number of hydrogen-bond acceptors (Lipinski definition) is 3. The van der Waals surface area contributed by atoms with E-state index in [1.807, 2.05) is 31.3 Å². The molecule has 1 atom stereocenters. The first-order valence-electron chi connectivity index (χ1n) is 7.19. The van der Waals surface area contributed by atoms with Crippen LogP contribution in [-0.4, -0.2) is 26.8 Å². The van der Waals surface area contributed by atoms with Gasteiger partial charge in [0.1, 0.15) is 0 Å². The van der Waals surface area contributed by atoms with Crippen molar-refractivity contribution in [3.05, 3.63) is 52.3 Å². The second kappa shape index (κ2) is 7.92. The van der Waals surface area contributed by atoms with Gasteiger partial charge >= 0.3 is 5.97 Å². The van der Waals surface area contributed by atoms with Crippen LogP contribution in [0.5, 0.6) is 0 Å². The molecule has 1 aromatic heterocycles. The quantitative estimate of drug-likeness (QED) is 0.773. The second-order valence-corrected chi connectivity index (χ2v) is 6.13. The van der Waals surface area contributed by atoms with Crippen LogP contribution in [0, 0.1) is 0 Å². The number of carbonyl (C=O) groups is 2. The second-order valence-electron chi connectivity index (χ2n) is 5.22. The van der Waals surface area contributed by atoms with E-state index in [1.54, 1.807) is 16.9 Å². The topological polar surface area (TPSA) is 84.2 Å². The fourth-order valence-corrected chi connectivity index (χ4v) is 2.72. The highest BCUT2D eigenvalue weighted by Gasteiger charge is 2.18. The summed E-state index contributed by atoms with van der Waals surface area (Å²) in [5.41, 5.74) is 1.72. The summed E-state index contributed by atoms with van der Waals surface area (Å²) in [5, 5.41) is 15.9. The predicted octanol–water partition coefficient (Wildman–Crippen LogP) is 2.45. The molecule has 23 heavy (non-hydrogen) atoms. The van der Waals surface area contributed by atoms with Crippen molar-refractivity contribution in [2.24, 2.45) is 7.05 Å². The van der Waals surface area contributed by atoms with Gasteiger partial charge in [0, 0.05) is 29.8 Å². The fourth-order valence-electron chi connectivity index (χ4n) is 2.30. The average molecular weight is 380 g/mol. The zero-order chi connectivity index (χ0) is 16.8. The van der Waals surface area contributed by atoms with Crippen LogP contribution < -0.4 is 5.32 Å². The van der Waals surface area contributed by atoms with Gasteiger partial charge in [0.2, 0.25) is 5.91 Å². The van der Waals surface area contributed by atoms with Crippen molar-refractivity contribution in [2.75, 3.05) is 0 Å². The Morgan fingerprint density at radius 1 is 1.39 bits per heavy atom. The van der Waals surface area contributed by atoms with Gasteiger partial charge in [-0.05, 0) is 30.2 Å². The summed E-state index contributed by atoms with van der Waals surface area (Å²) in [7, 11) is 1.82. The molecule has 1 heterocycles. The van der Waals surface area contributed by atoms with E-state index in [9.17, 15) is 9.59 Å². The molecule has 0 aliphatic heterocycles. The van der Waals surface area contributed by atoms with Crippen molar-refractivity contribution in [3.8, 4) is 0 Å². The number of halogens is 1. The summed E-state index contributed by atoms with van der Waals surface area (Å²) in [5.74, 6) is -1.14. The molecule has 0 fully saturated rings. The molecule has 1 unspecified atom stereocenters. The Morgan fingerprint density at radius 2 is 2.17 bits per heavy atom. The normalized spacial score (nSPS) is 11.9. The number of carboxylic acids is 1. The van der Waals surface area contributed by atoms with Gasteiger partial charge in [-0.2, -0.15) is 5.10 Å². The number of aryl methyl sites for hydroxylation is 2. The first-order chi connectivity index (χ1) is 11.0. The molecular formula is C16H18BrN3O3. The third-order valence-electron chi connectivity index (χ3n) is 3.50. The predicted molar refractivity (Wildman–Crippen MR) is 88.8 cm³/mol. The van der Waals surface area contributed by atoms with Gasteiger partial charge < -0.3 is 10.4 Å². The summed E-state index contributed by atoms with van der Waals surface area (Å²) in [6.45, 7) is 0. The number of nitrogens with one attached hydrogen (secondary N) is 1. The summed E-state index contributed by atoms with van der Waals surface area (Å²) in [4.78, 5) is 23.2. The minimum Gasteiger partial charge on any atom is -0.481 e. The number of nitrogens with zero attached hydrogens (tertiary/aromatic N) is 2. The van der Waals surface area contributed by atoms with Crippen molar-refractivity contribution in [1.29, 1.82) is 0 Å². The Labute approximate surface area is 142 Å². The average Bonchev–Trinajstić information content (AvgIpc) is 2.89. The van der Waals surface area contributed by atoms with E-state index >= 15 is 0 Å². The zero-order valence-corrected chi connectivity index (χ0v) is 14.3. The molecule has 0 radical (unpaired) electrons. The lowest BCUT2D eigenvalue weighted by Crippen LogP contribution is -2.30. The van der Waals surface area contributed by atoms with Gasteiger partial charge in [0.15, 0.2) is 0 Å². The minimum atomic E-state index is -0.957. The third-order valence-corrected chi connectivity index (χ3v) is 3.99. The molecule has 0 saturated carbocycles. The molecule has 0 bridgehead atoms. The molecule has 0 saturated heterocycles. The molecule has 2 aromatic rings. The van der Waals surface area contributed by atoms with Crippen molar-refractivity contribution >= 4 is 27.8 Å². The number of aliphatic carboxylic acids is 1. The highest BCUT2D eigenvalue weighted by molar-refractivity contribution is 9.10. The maximum atomic E-state index is 12.2. The van der Waals surface area contributed by atoms with Gasteiger partial charge in [0.05, 0.1) is 12.5 Å². The summed E-state index contributed by atoms with van der Waals surface area (Å²) in [6, 6.07) is 8.59. The maximum absolute atomic E-state index is 12.2. The monoisotopic (exact) mass is 379 g/mol. The number of carbonyl (C=O) groups excluding carboxylic acids is 1. The lowest BCUT2D eigenvalue weighted by molar-refractivity contribution is -0.137. The number of rotatable bonds is 7. The minimum absolute atomic E-state index is 0.159. The van der Waals surface area contributed by atoms with Crippen molar-refractivity contribution in [3.63, 3.8) is 0 Å². The molecule has 1 amide bonds. The zero-order valence-electron chi connectivity index (χ0n) is 12.7. The summed E-state index contributed by atoms with van der Waals surface area (Å²) >= 11 is 3.36. The molecule has 2 N–H and O–H groups in total. The standard InChI is InChI=1S/C16H18BrN3O3/c1-20-13(7-8-18-20)5-6-15(21)19-14(10-16(22)23)11-3-2-4-12(17)9-11/h2-4,7-9,14H,5-6,10H2,1H3,(H,19,21)(H,22,23). The fraction of sp³-hybridized carbons (Fsp3) is 0.312. The smallest absolute Gasteiger partial charge is 0.305 e. The van der Waals surface area contributed by atoms with Crippen LogP contribution in [0.2, 0.25) is 0 Å². The highest BCUT2D eigenvalue weighted by Crippen LogP contribution is 2.21. The van der Waals surface area contributed by atoms with Crippen LogP contribution in [0.25, 0.3) is 0 Å². The number of benzene rings is 1. The Kier molecular flexibility index (Phi) is 5.92. The molecule has 0 aliphatic carbocycles. The highest BCUT2D eigenvalue weighted by atomic mass is 79.9. The van der Waals surface area contributed by atoms with Gasteiger partial charge in [-0.3, -0.25) is 14.3 Å². The molecule has 2 rings (SSSR count). The molecular weight excluding hydrogens is 362 g/mol. The number of amides is 1. The SMILES string of the molecule is Cn1nccc1CCC(=O)NC(CC(=O)O)c1cccc(Br)c1. The van der Waals surface area contributed by atoms with E-state index in [1.165, 1.54) is 0 Å². The number of hydrogen-bond donors (Lipinski definition) is 2. The number of aromatic nitrogens is 2. The molecule has 0 spiro atoms. The van der Waals surface area contributed by atoms with Crippen molar-refractivity contribution in [2.45, 2.75) is 25.3 Å². The summed E-state index contributed by atoms with van der Waals surface area (Å²) in [6.07, 6.45) is 2.36. The van der Waals surface area contributed by atoms with E-state index in [0.717, 1.165) is 15.7 Å². The third kappa shape index (κ3) is 5.21. The van der Waals surface area contributed by atoms with Gasteiger partial charge in [-0.15, -0.1) is 0 Å². The van der Waals surface area contributed by atoms with Crippen LogP contribution in [-0.2, 0) is 23.1 Å². The lowest BCUT2D eigenvalue weighted by atomic mass is 10.0. The van der Waals surface area contributed by atoms with E-state index in [0.29, 0.717) is 6.42 Å². The van der Waals surface area contributed by atoms with Crippen molar-refractivity contribution in [1.82, 2.24) is 15.1 Å². The van der Waals surface area contributed by atoms with Crippen molar-refractivity contribution < 1.29 is 14.7 Å². The van der Waals surface area contributed by atoms with Crippen LogP contribution in [0.3, 0.4) is 0 Å². The first-order valence-corrected chi connectivity index (χ1v) is 7.98. The molecule has 1 aromatic carbocycles. The Balaban J connectivity index is 2.01. The van der Waals surface area contributed by atoms with E-state index < -0.39 is 12.0 Å². The van der Waals surface area contributed by atoms with Crippen LogP contribution in [0.4, 0.5) is 0 Å². The molecule has 122 valence electrons. The maximum Gasteiger partial charge on any atom is 0.305 e. The molecule has 7 heteroatoms. The van der Waals surface area contributed by atoms with Gasteiger partial charge in [-0.25, -0.2) is 0 Å². The lowest BCUT2D eigenvalue weighted by Gasteiger charge is -2.18. The molecule has 0 aliphatic rings. The van der Waals surface area contributed by atoms with Crippen LogP contribution in [0.1, 0.15) is 30.1 Å². The van der Waals surface area contributed by atoms with Crippen LogP contribution in [0.15, 0.2) is 41.0 Å². The Morgan fingerprint density at radius 3 is 2.78 bits per heavy atom. The largest absolute Gasteiger partial charge is 0.481 e. The van der Waals surface area contributed by atoms with E-state index in [4.69, 9.17) is 5.11 Å².